The summed E-state index contributed by atoms with van der Waals surface area (Å²) >= 11 is 6.03. The van der Waals surface area contributed by atoms with Crippen LogP contribution in [0.5, 0.6) is 5.75 Å². The van der Waals surface area contributed by atoms with Crippen molar-refractivity contribution in [2.45, 2.75) is 12.2 Å². The Hall–Kier alpha value is -0.810. The Morgan fingerprint density at radius 2 is 2.12 bits per heavy atom. The molecule has 4 nitrogen and oxygen atoms in total. The van der Waals surface area contributed by atoms with Gasteiger partial charge in [0.15, 0.2) is 0 Å². The monoisotopic (exact) mass is 245 g/mol. The fourth-order valence-electron chi connectivity index (χ4n) is 1.44. The van der Waals surface area contributed by atoms with Crippen molar-refractivity contribution in [3.63, 3.8) is 0 Å². The minimum Gasteiger partial charge on any atom is -0.495 e. The van der Waals surface area contributed by atoms with Crippen molar-refractivity contribution >= 4 is 11.6 Å². The maximum Gasteiger partial charge on any atom is 0.137 e. The predicted octanol–water partition coefficient (Wildman–Crippen LogP) is 0.962. The van der Waals surface area contributed by atoms with Crippen LogP contribution < -0.4 is 10.1 Å². The molecule has 0 heterocycles. The van der Waals surface area contributed by atoms with Gasteiger partial charge in [0, 0.05) is 12.1 Å². The van der Waals surface area contributed by atoms with Gasteiger partial charge in [-0.15, -0.1) is 0 Å². The van der Waals surface area contributed by atoms with Gasteiger partial charge in [-0.2, -0.15) is 0 Å². The van der Waals surface area contributed by atoms with Crippen molar-refractivity contribution in [3.05, 3.63) is 28.8 Å². The van der Waals surface area contributed by atoms with E-state index < -0.39 is 12.2 Å². The number of aliphatic hydroxyl groups is 2. The first-order chi connectivity index (χ1) is 7.61. The second-order valence-corrected chi connectivity index (χ2v) is 3.81. The predicted molar refractivity (Wildman–Crippen MR) is 62.9 cm³/mol. The van der Waals surface area contributed by atoms with E-state index in [4.69, 9.17) is 16.3 Å². The number of aliphatic hydroxyl groups excluding tert-OH is 2. The molecule has 0 radical (unpaired) electrons. The average molecular weight is 246 g/mol. The molecule has 3 N–H and O–H groups in total. The lowest BCUT2D eigenvalue weighted by molar-refractivity contribution is 0.0202. The molecule has 0 aliphatic carbocycles. The molecule has 2 unspecified atom stereocenters. The smallest absolute Gasteiger partial charge is 0.137 e. The van der Waals surface area contributed by atoms with Crippen LogP contribution in [0.25, 0.3) is 0 Å². The van der Waals surface area contributed by atoms with Crippen LogP contribution in [-0.2, 0) is 0 Å². The molecule has 5 heteroatoms. The third-order valence-corrected chi connectivity index (χ3v) is 2.71. The molecule has 0 saturated heterocycles. The number of hydrogen-bond donors (Lipinski definition) is 3. The molecule has 0 aliphatic heterocycles. The van der Waals surface area contributed by atoms with Gasteiger partial charge in [-0.05, 0) is 13.1 Å². The summed E-state index contributed by atoms with van der Waals surface area (Å²) in [6, 6.07) is 5.08. The van der Waals surface area contributed by atoms with Crippen LogP contribution in [0.2, 0.25) is 5.02 Å². The molecule has 0 saturated carbocycles. The van der Waals surface area contributed by atoms with Gasteiger partial charge in [-0.1, -0.05) is 23.7 Å². The normalized spacial score (nSPS) is 14.6. The van der Waals surface area contributed by atoms with Crippen LogP contribution in [0.3, 0.4) is 0 Å². The number of likely N-dealkylation sites (N-methyl/N-ethyl adjacent to an activating group) is 1. The zero-order chi connectivity index (χ0) is 12.1. The Morgan fingerprint density at radius 3 is 2.69 bits per heavy atom. The van der Waals surface area contributed by atoms with Gasteiger partial charge in [-0.25, -0.2) is 0 Å². The fourth-order valence-corrected chi connectivity index (χ4v) is 1.76. The van der Waals surface area contributed by atoms with Crippen molar-refractivity contribution in [1.82, 2.24) is 5.32 Å². The summed E-state index contributed by atoms with van der Waals surface area (Å²) in [5, 5.41) is 22.6. The highest BCUT2D eigenvalue weighted by molar-refractivity contribution is 6.32. The van der Waals surface area contributed by atoms with Gasteiger partial charge in [0.05, 0.1) is 18.2 Å². The Kier molecular flexibility index (Phi) is 5.02. The van der Waals surface area contributed by atoms with E-state index in [0.29, 0.717) is 16.3 Å². The number of methoxy groups -OCH3 is 1. The zero-order valence-electron chi connectivity index (χ0n) is 9.27. The summed E-state index contributed by atoms with van der Waals surface area (Å²) in [5.74, 6) is 0.481. The third kappa shape index (κ3) is 2.86. The van der Waals surface area contributed by atoms with Crippen LogP contribution >= 0.6 is 11.6 Å². The minimum atomic E-state index is -1.03. The van der Waals surface area contributed by atoms with E-state index in [1.54, 1.807) is 25.2 Å². The van der Waals surface area contributed by atoms with Gasteiger partial charge >= 0.3 is 0 Å². The van der Waals surface area contributed by atoms with Crippen molar-refractivity contribution in [1.29, 1.82) is 0 Å². The summed E-state index contributed by atoms with van der Waals surface area (Å²) in [4.78, 5) is 0. The van der Waals surface area contributed by atoms with Crippen LogP contribution in [-0.4, -0.2) is 37.0 Å². The number of rotatable bonds is 5. The van der Waals surface area contributed by atoms with E-state index >= 15 is 0 Å². The molecule has 90 valence electrons. The third-order valence-electron chi connectivity index (χ3n) is 2.31. The molecule has 0 fully saturated rings. The molecule has 0 aromatic heterocycles. The summed E-state index contributed by atoms with van der Waals surface area (Å²) in [7, 11) is 3.20. The molecule has 0 aliphatic rings. The van der Waals surface area contributed by atoms with Crippen molar-refractivity contribution in [2.75, 3.05) is 20.7 Å². The maximum atomic E-state index is 9.89. The lowest BCUT2D eigenvalue weighted by Gasteiger charge is -2.19. The fraction of sp³-hybridized carbons (Fsp3) is 0.455. The number of hydrogen-bond acceptors (Lipinski definition) is 4. The first kappa shape index (κ1) is 13.3. The Bertz CT molecular complexity index is 346. The Labute approximate surface area is 99.8 Å². The molecule has 0 spiro atoms. The molecule has 1 aromatic rings. The van der Waals surface area contributed by atoms with Gasteiger partial charge in [-0.3, -0.25) is 0 Å². The quantitative estimate of drug-likeness (QED) is 0.723. The van der Waals surface area contributed by atoms with Gasteiger partial charge in [0.1, 0.15) is 11.9 Å². The number of halogens is 1. The Balaban J connectivity index is 2.94. The summed E-state index contributed by atoms with van der Waals surface area (Å²) < 4.78 is 5.04. The van der Waals surface area contributed by atoms with Gasteiger partial charge in [0.2, 0.25) is 0 Å². The van der Waals surface area contributed by atoms with Gasteiger partial charge < -0.3 is 20.3 Å². The highest BCUT2D eigenvalue weighted by Crippen LogP contribution is 2.32. The average Bonchev–Trinajstić information content (AvgIpc) is 2.29. The van der Waals surface area contributed by atoms with E-state index in [2.05, 4.69) is 5.32 Å². The number of benzene rings is 1. The van der Waals surface area contributed by atoms with Crippen molar-refractivity contribution in [2.24, 2.45) is 0 Å². The molecule has 0 bridgehead atoms. The molecule has 0 amide bonds. The maximum absolute atomic E-state index is 9.89. The van der Waals surface area contributed by atoms with Crippen molar-refractivity contribution < 1.29 is 14.9 Å². The van der Waals surface area contributed by atoms with E-state index in [1.165, 1.54) is 7.11 Å². The zero-order valence-corrected chi connectivity index (χ0v) is 10.0. The molecule has 1 rings (SSSR count). The highest BCUT2D eigenvalue weighted by Gasteiger charge is 2.21. The van der Waals surface area contributed by atoms with Crippen LogP contribution in [0.4, 0.5) is 0 Å². The first-order valence-electron chi connectivity index (χ1n) is 4.95. The topological polar surface area (TPSA) is 61.7 Å². The van der Waals surface area contributed by atoms with Crippen molar-refractivity contribution in [3.8, 4) is 5.75 Å². The SMILES string of the molecule is CNCC(O)C(O)c1cccc(OC)c1Cl. The second-order valence-electron chi connectivity index (χ2n) is 3.43. The molecular weight excluding hydrogens is 230 g/mol. The highest BCUT2D eigenvalue weighted by atomic mass is 35.5. The first-order valence-corrected chi connectivity index (χ1v) is 5.32. The lowest BCUT2D eigenvalue weighted by atomic mass is 10.0. The summed E-state index contributed by atoms with van der Waals surface area (Å²) in [6.07, 6.45) is -1.94. The van der Waals surface area contributed by atoms with Crippen LogP contribution in [0, 0.1) is 0 Å². The second kappa shape index (κ2) is 6.06. The molecule has 16 heavy (non-hydrogen) atoms. The van der Waals surface area contributed by atoms with Crippen LogP contribution in [0.15, 0.2) is 18.2 Å². The minimum absolute atomic E-state index is 0.286. The lowest BCUT2D eigenvalue weighted by Crippen LogP contribution is -2.29. The van der Waals surface area contributed by atoms with E-state index in [-0.39, 0.29) is 6.54 Å². The largest absolute Gasteiger partial charge is 0.495 e. The molecule has 2 atom stereocenters. The number of ether oxygens (including phenoxy) is 1. The standard InChI is InChI=1S/C11H16ClNO3/c1-13-6-8(14)11(15)7-4-3-5-9(16-2)10(7)12/h3-5,8,11,13-15H,6H2,1-2H3. The molecular formula is C11H16ClNO3. The summed E-state index contributed by atoms with van der Waals surface area (Å²) in [6.45, 7) is 0.286. The van der Waals surface area contributed by atoms with E-state index in [0.717, 1.165) is 0 Å². The van der Waals surface area contributed by atoms with E-state index in [1.807, 2.05) is 0 Å². The Morgan fingerprint density at radius 1 is 1.44 bits per heavy atom. The summed E-state index contributed by atoms with van der Waals surface area (Å²) in [5.41, 5.74) is 0.462. The van der Waals surface area contributed by atoms with E-state index in [9.17, 15) is 10.2 Å². The number of nitrogens with one attached hydrogen (secondary N) is 1. The van der Waals surface area contributed by atoms with Crippen LogP contribution in [0.1, 0.15) is 11.7 Å². The molecule has 1 aromatic carbocycles. The van der Waals surface area contributed by atoms with Gasteiger partial charge in [0.25, 0.3) is 0 Å².